The van der Waals surface area contributed by atoms with Gasteiger partial charge in [0.1, 0.15) is 19.5 Å². The molecule has 34 heavy (non-hydrogen) atoms. The molecule has 0 radical (unpaired) electrons. The number of β-lactam (4-membered cyclic amide) rings is 1. The topological polar surface area (TPSA) is 135 Å². The molecule has 2 fully saturated rings. The fourth-order valence-electron chi connectivity index (χ4n) is 3.52. The van der Waals surface area contributed by atoms with Crippen LogP contribution >= 0.6 is 23.8 Å². The number of hydrogen-bond acceptors (Lipinski definition) is 11. The van der Waals surface area contributed by atoms with Gasteiger partial charge in [-0.05, 0) is 29.9 Å². The summed E-state index contributed by atoms with van der Waals surface area (Å²) in [5.74, 6) is -0.762. The van der Waals surface area contributed by atoms with Crippen molar-refractivity contribution >= 4 is 46.5 Å². The van der Waals surface area contributed by atoms with Crippen LogP contribution in [0, 0.1) is 16.0 Å². The number of esters is 1. The Morgan fingerprint density at radius 3 is 2.50 bits per heavy atom. The Labute approximate surface area is 205 Å². The fraction of sp³-hybridized carbons (Fsp3) is 0.571. The quantitative estimate of drug-likeness (QED) is 0.108. The number of nitro groups is 1. The average molecular weight is 515 g/mol. The molecule has 186 valence electrons. The Hall–Kier alpha value is -2.19. The van der Waals surface area contributed by atoms with Crippen molar-refractivity contribution in [1.29, 1.82) is 0 Å². The van der Waals surface area contributed by atoms with E-state index in [1.807, 2.05) is 13.8 Å². The zero-order valence-corrected chi connectivity index (χ0v) is 20.4. The van der Waals surface area contributed by atoms with Crippen LogP contribution in [0.15, 0.2) is 24.3 Å². The molecule has 0 spiro atoms. The summed E-state index contributed by atoms with van der Waals surface area (Å²) >= 11 is 1.96. The first kappa shape index (κ1) is 26.4. The lowest BCUT2D eigenvalue weighted by Gasteiger charge is -2.48. The number of carbonyl (C=O) groups is 3. The van der Waals surface area contributed by atoms with Crippen molar-refractivity contribution in [2.75, 3.05) is 25.8 Å². The number of carbonyl (C=O) groups excluding carboxylic acids is 3. The summed E-state index contributed by atoms with van der Waals surface area (Å²) in [7, 11) is 0. The third kappa shape index (κ3) is 6.27. The van der Waals surface area contributed by atoms with Gasteiger partial charge in [-0.3, -0.25) is 23.9 Å². The molecule has 13 heteroatoms. The molecule has 2 aliphatic heterocycles. The van der Waals surface area contributed by atoms with E-state index in [1.54, 1.807) is 0 Å². The first-order valence-electron chi connectivity index (χ1n) is 10.7. The maximum absolute atomic E-state index is 13.1. The molecule has 3 unspecified atom stereocenters. The van der Waals surface area contributed by atoms with Gasteiger partial charge in [0.05, 0.1) is 41.5 Å². The third-order valence-electron chi connectivity index (χ3n) is 5.26. The molecular formula is C21H26N2O9S2. The van der Waals surface area contributed by atoms with E-state index in [1.165, 1.54) is 40.9 Å². The molecule has 3 atom stereocenters. The Kier molecular flexibility index (Phi) is 9.71. The summed E-state index contributed by atoms with van der Waals surface area (Å²) < 4.78 is 21.1. The van der Waals surface area contributed by atoms with Crippen molar-refractivity contribution in [3.8, 4) is 0 Å². The molecule has 1 amide bonds. The van der Waals surface area contributed by atoms with Crippen LogP contribution in [-0.2, 0) is 39.4 Å². The molecule has 1 aromatic rings. The highest BCUT2D eigenvalue weighted by Gasteiger charge is 2.54. The van der Waals surface area contributed by atoms with Crippen molar-refractivity contribution < 1.29 is 37.7 Å². The number of non-ortho nitro benzene ring substituents is 1. The van der Waals surface area contributed by atoms with Crippen molar-refractivity contribution in [2.24, 2.45) is 5.92 Å². The second kappa shape index (κ2) is 12.5. The minimum atomic E-state index is -1.48. The fourth-order valence-corrected chi connectivity index (χ4v) is 5.43. The lowest BCUT2D eigenvalue weighted by atomic mass is 9.93. The van der Waals surface area contributed by atoms with Gasteiger partial charge in [-0.1, -0.05) is 13.8 Å². The van der Waals surface area contributed by atoms with Gasteiger partial charge in [-0.2, -0.15) is 0 Å². The number of rotatable bonds is 11. The number of nitrogens with zero attached hydrogens (tertiary/aromatic N) is 2. The van der Waals surface area contributed by atoms with Gasteiger partial charge in [0, 0.05) is 12.1 Å². The van der Waals surface area contributed by atoms with Gasteiger partial charge in [-0.25, -0.2) is 4.79 Å². The average Bonchev–Trinajstić information content (AvgIpc) is 2.85. The van der Waals surface area contributed by atoms with Crippen LogP contribution in [0.1, 0.15) is 25.8 Å². The van der Waals surface area contributed by atoms with Gasteiger partial charge in [0.2, 0.25) is 17.1 Å². The molecule has 0 aliphatic carbocycles. The molecule has 0 saturated carbocycles. The normalized spacial score (nSPS) is 21.6. The van der Waals surface area contributed by atoms with Crippen molar-refractivity contribution in [2.45, 2.75) is 44.4 Å². The molecule has 3 rings (SSSR count). The minimum Gasteiger partial charge on any atom is -0.459 e. The van der Waals surface area contributed by atoms with E-state index in [9.17, 15) is 24.5 Å². The molecule has 11 nitrogen and oxygen atoms in total. The van der Waals surface area contributed by atoms with Gasteiger partial charge in [0.15, 0.2) is 0 Å². The Bertz CT molecular complexity index is 893. The summed E-state index contributed by atoms with van der Waals surface area (Å²) in [5, 5.41) is 9.81. The van der Waals surface area contributed by atoms with E-state index in [0.29, 0.717) is 29.8 Å². The van der Waals surface area contributed by atoms with Crippen molar-refractivity contribution in [3.05, 3.63) is 39.9 Å². The first-order valence-corrected chi connectivity index (χ1v) is 12.5. The summed E-state index contributed by atoms with van der Waals surface area (Å²) in [6.45, 7) is 4.24. The largest absolute Gasteiger partial charge is 0.459 e. The van der Waals surface area contributed by atoms with E-state index < -0.39 is 28.2 Å². The summed E-state index contributed by atoms with van der Waals surface area (Å²) in [5.41, 5.74) is 0.412. The van der Waals surface area contributed by atoms with Crippen LogP contribution in [0.2, 0.25) is 0 Å². The standard InChI is InChI=1S/C21H26N2O9S2/c1-3-16-18(24)22(19(16)33-4-2)17(21(26)34-32-15-10-29-12-30-11-15)20(25)31-9-13-5-7-14(8-6-13)23(27)28/h5-8,15-17,19H,3-4,9-12H2,1-2H3. The Balaban J connectivity index is 1.71. The van der Waals surface area contributed by atoms with Crippen LogP contribution in [0.25, 0.3) is 0 Å². The zero-order valence-electron chi connectivity index (χ0n) is 18.7. The summed E-state index contributed by atoms with van der Waals surface area (Å²) in [4.78, 5) is 50.5. The molecule has 0 N–H and O–H groups in total. The molecule has 0 aromatic heterocycles. The summed E-state index contributed by atoms with van der Waals surface area (Å²) in [6.07, 6.45) is 0.0994. The van der Waals surface area contributed by atoms with Gasteiger partial charge in [-0.15, -0.1) is 11.8 Å². The highest BCUT2D eigenvalue weighted by molar-refractivity contribution is 8.09. The number of hydrogen-bond donors (Lipinski definition) is 0. The highest BCUT2D eigenvalue weighted by Crippen LogP contribution is 2.40. The number of thioether (sulfide) groups is 1. The van der Waals surface area contributed by atoms with E-state index in [0.717, 1.165) is 0 Å². The van der Waals surface area contributed by atoms with Crippen LogP contribution < -0.4 is 0 Å². The second-order valence-electron chi connectivity index (χ2n) is 7.52. The number of amides is 1. The third-order valence-corrected chi connectivity index (χ3v) is 7.25. The predicted octanol–water partition coefficient (Wildman–Crippen LogP) is 2.52. The van der Waals surface area contributed by atoms with Gasteiger partial charge in [0.25, 0.3) is 5.69 Å². The number of nitro benzene ring substituents is 1. The monoisotopic (exact) mass is 514 g/mol. The lowest BCUT2D eigenvalue weighted by molar-refractivity contribution is -0.384. The van der Waals surface area contributed by atoms with Crippen LogP contribution in [0.4, 0.5) is 5.69 Å². The smallest absolute Gasteiger partial charge is 0.338 e. The molecule has 2 aliphatic rings. The molecule has 2 heterocycles. The molecule has 1 aromatic carbocycles. The van der Waals surface area contributed by atoms with Crippen molar-refractivity contribution in [3.63, 3.8) is 0 Å². The maximum Gasteiger partial charge on any atom is 0.338 e. The number of ether oxygens (including phenoxy) is 3. The Morgan fingerprint density at radius 2 is 1.91 bits per heavy atom. The number of benzene rings is 1. The van der Waals surface area contributed by atoms with E-state index in [4.69, 9.17) is 18.4 Å². The Morgan fingerprint density at radius 1 is 1.24 bits per heavy atom. The second-order valence-corrected chi connectivity index (χ2v) is 9.68. The van der Waals surface area contributed by atoms with Gasteiger partial charge < -0.3 is 19.1 Å². The van der Waals surface area contributed by atoms with Gasteiger partial charge >= 0.3 is 5.97 Å². The van der Waals surface area contributed by atoms with E-state index >= 15 is 0 Å². The van der Waals surface area contributed by atoms with Crippen LogP contribution in [0.3, 0.4) is 0 Å². The predicted molar refractivity (Wildman–Crippen MR) is 123 cm³/mol. The lowest BCUT2D eigenvalue weighted by Crippen LogP contribution is -2.66. The van der Waals surface area contributed by atoms with Crippen LogP contribution in [0.5, 0.6) is 0 Å². The summed E-state index contributed by atoms with van der Waals surface area (Å²) in [6, 6.07) is 4.03. The molecule has 0 bridgehead atoms. The molecule has 2 saturated heterocycles. The maximum atomic E-state index is 13.1. The highest BCUT2D eigenvalue weighted by atomic mass is 32.2. The number of likely N-dealkylation sites (tertiary alicyclic amines) is 1. The first-order chi connectivity index (χ1) is 16.4. The van der Waals surface area contributed by atoms with E-state index in [-0.39, 0.29) is 49.5 Å². The zero-order chi connectivity index (χ0) is 24.7. The van der Waals surface area contributed by atoms with E-state index in [2.05, 4.69) is 0 Å². The van der Waals surface area contributed by atoms with Crippen LogP contribution in [-0.4, -0.2) is 70.1 Å². The van der Waals surface area contributed by atoms with Crippen molar-refractivity contribution in [1.82, 2.24) is 4.90 Å². The molecular weight excluding hydrogens is 488 g/mol. The SMILES string of the molecule is CCSC1C(CC)C(=O)N1C(C(=O)OCc1ccc([N+](=O)[O-])cc1)C(=O)SOC1COCOC1. The minimum absolute atomic E-state index is 0.0939.